The van der Waals surface area contributed by atoms with Crippen molar-refractivity contribution >= 4 is 17.1 Å². The van der Waals surface area contributed by atoms with Crippen molar-refractivity contribution in [3.63, 3.8) is 0 Å². The fourth-order valence-corrected chi connectivity index (χ4v) is 4.69. The molecule has 1 fully saturated rings. The zero-order valence-electron chi connectivity index (χ0n) is 22.1. The molecule has 1 N–H and O–H groups in total. The minimum Gasteiger partial charge on any atom is -0.497 e. The van der Waals surface area contributed by atoms with Gasteiger partial charge in [-0.2, -0.15) is 0 Å². The lowest BCUT2D eigenvalue weighted by Crippen LogP contribution is -2.38. The normalized spacial score (nSPS) is 17.3. The average molecular weight is 515 g/mol. The van der Waals surface area contributed by atoms with E-state index in [1.54, 1.807) is 11.7 Å². The Labute approximate surface area is 218 Å². The molecule has 37 heavy (non-hydrogen) atoms. The molecule has 0 amide bonds. The first-order valence-corrected chi connectivity index (χ1v) is 12.6. The summed E-state index contributed by atoms with van der Waals surface area (Å²) < 4.78 is 23.0. The maximum Gasteiger partial charge on any atom is 0.510 e. The predicted molar refractivity (Wildman–Crippen MR) is 140 cm³/mol. The predicted octanol–water partition coefficient (Wildman–Crippen LogP) is 3.48. The molecule has 0 radical (unpaired) electrons. The molecular weight excluding hydrogens is 476 g/mol. The van der Waals surface area contributed by atoms with Crippen molar-refractivity contribution in [2.45, 2.75) is 38.2 Å². The number of allylic oxidation sites excluding steroid dienone is 1. The van der Waals surface area contributed by atoms with Gasteiger partial charge in [0.05, 0.1) is 12.6 Å². The molecule has 10 heteroatoms. The molecule has 4 rings (SSSR count). The number of aliphatic hydroxyl groups excluding tert-OH is 1. The largest absolute Gasteiger partial charge is 0.510 e. The molecule has 1 unspecified atom stereocenters. The summed E-state index contributed by atoms with van der Waals surface area (Å²) in [5.74, 6) is 0.739. The van der Waals surface area contributed by atoms with E-state index in [0.29, 0.717) is 0 Å². The van der Waals surface area contributed by atoms with Crippen LogP contribution in [0, 0.1) is 0 Å². The van der Waals surface area contributed by atoms with Gasteiger partial charge in [-0.1, -0.05) is 6.08 Å². The van der Waals surface area contributed by atoms with Gasteiger partial charge in [0.2, 0.25) is 13.2 Å². The monoisotopic (exact) mass is 514 g/mol. The number of likely N-dealkylation sites (N-methyl/N-ethyl adjacent to an activating group) is 1. The van der Waals surface area contributed by atoms with Gasteiger partial charge >= 0.3 is 6.16 Å². The number of rotatable bonds is 10. The van der Waals surface area contributed by atoms with Crippen LogP contribution in [0.2, 0.25) is 0 Å². The second-order valence-corrected chi connectivity index (χ2v) is 9.68. The Morgan fingerprint density at radius 2 is 2.03 bits per heavy atom. The summed E-state index contributed by atoms with van der Waals surface area (Å²) >= 11 is 0. The maximum absolute atomic E-state index is 12.2. The van der Waals surface area contributed by atoms with Gasteiger partial charge in [-0.3, -0.25) is 9.30 Å². The number of likely N-dealkylation sites (tertiary alicyclic amines) is 1. The molecule has 1 saturated heterocycles. The smallest absolute Gasteiger partial charge is 0.497 e. The number of piperidine rings is 1. The van der Waals surface area contributed by atoms with Gasteiger partial charge in [0.1, 0.15) is 11.9 Å². The summed E-state index contributed by atoms with van der Waals surface area (Å²) in [7, 11) is 7.67. The molecule has 2 aromatic rings. The van der Waals surface area contributed by atoms with E-state index in [1.807, 2.05) is 50.4 Å². The van der Waals surface area contributed by atoms with Crippen LogP contribution in [0.4, 0.5) is 4.79 Å². The molecule has 3 heterocycles. The van der Waals surface area contributed by atoms with Gasteiger partial charge in [0, 0.05) is 69.4 Å². The molecule has 0 aliphatic carbocycles. The molecule has 1 atom stereocenters. The third-order valence-corrected chi connectivity index (χ3v) is 6.71. The van der Waals surface area contributed by atoms with Gasteiger partial charge in [-0.05, 0) is 50.5 Å². The minimum atomic E-state index is -1.32. The summed E-state index contributed by atoms with van der Waals surface area (Å²) in [4.78, 5) is 18.7. The van der Waals surface area contributed by atoms with E-state index in [4.69, 9.17) is 18.9 Å². The Bertz CT molecular complexity index is 1120. The maximum atomic E-state index is 12.2. The number of fused-ring (bicyclic) bond motifs is 1. The first-order valence-electron chi connectivity index (χ1n) is 12.6. The SMILES string of the molecule is COc1ccc2c(c1)c(CCN(C)C)cn2C(O)OCOC(=O)OC1CCN(C2=CN(C)C=CC2)CC1. The van der Waals surface area contributed by atoms with Gasteiger partial charge in [-0.25, -0.2) is 4.79 Å². The molecule has 0 bridgehead atoms. The van der Waals surface area contributed by atoms with Gasteiger partial charge in [-0.15, -0.1) is 0 Å². The molecule has 202 valence electrons. The van der Waals surface area contributed by atoms with Crippen molar-refractivity contribution in [2.75, 3.05) is 54.7 Å². The number of benzene rings is 1. The van der Waals surface area contributed by atoms with Crippen molar-refractivity contribution in [3.8, 4) is 5.75 Å². The molecule has 0 spiro atoms. The zero-order valence-corrected chi connectivity index (χ0v) is 22.1. The first-order chi connectivity index (χ1) is 17.8. The number of carbonyl (C=O) groups excluding carboxylic acids is 1. The van der Waals surface area contributed by atoms with Crippen molar-refractivity contribution in [1.82, 2.24) is 19.3 Å². The van der Waals surface area contributed by atoms with E-state index in [1.165, 1.54) is 5.70 Å². The van der Waals surface area contributed by atoms with Crippen LogP contribution in [0.3, 0.4) is 0 Å². The third-order valence-electron chi connectivity index (χ3n) is 6.71. The summed E-state index contributed by atoms with van der Waals surface area (Å²) in [5.41, 5.74) is 3.13. The second kappa shape index (κ2) is 12.4. The summed E-state index contributed by atoms with van der Waals surface area (Å²) in [6.45, 7) is 2.07. The zero-order chi connectivity index (χ0) is 26.4. The molecule has 2 aliphatic rings. The first kappa shape index (κ1) is 26.8. The average Bonchev–Trinajstić information content (AvgIpc) is 3.25. The Balaban J connectivity index is 1.26. The van der Waals surface area contributed by atoms with Crippen molar-refractivity contribution in [2.24, 2.45) is 0 Å². The van der Waals surface area contributed by atoms with Gasteiger partial charge in [0.25, 0.3) is 0 Å². The second-order valence-electron chi connectivity index (χ2n) is 9.68. The van der Waals surface area contributed by atoms with Crippen LogP contribution in [-0.4, -0.2) is 91.3 Å². The van der Waals surface area contributed by atoms with Crippen LogP contribution in [0.25, 0.3) is 10.9 Å². The quantitative estimate of drug-likeness (QED) is 0.378. The fourth-order valence-electron chi connectivity index (χ4n) is 4.69. The molecule has 1 aromatic heterocycles. The van der Waals surface area contributed by atoms with Crippen LogP contribution < -0.4 is 4.74 Å². The number of aromatic nitrogens is 1. The van der Waals surface area contributed by atoms with Gasteiger partial charge < -0.3 is 34.0 Å². The number of aliphatic hydroxyl groups is 1. The Kier molecular flexibility index (Phi) is 8.96. The standard InChI is InChI=1S/C27H38N4O6/c1-28(2)13-9-20-17-31(25-8-7-23(34-4)16-24(20)25)26(32)35-19-36-27(33)37-22-10-14-30(15-11-22)21-6-5-12-29(3)18-21/h5,7-8,12,16-18,22,26,32H,6,9-11,13-15,19H2,1-4H3. The number of nitrogens with zero attached hydrogens (tertiary/aromatic N) is 4. The third kappa shape index (κ3) is 6.97. The van der Waals surface area contributed by atoms with Crippen LogP contribution in [0.15, 0.2) is 48.6 Å². The van der Waals surface area contributed by atoms with E-state index in [-0.39, 0.29) is 6.10 Å². The summed E-state index contributed by atoms with van der Waals surface area (Å²) in [6, 6.07) is 5.65. The van der Waals surface area contributed by atoms with Crippen LogP contribution in [0.5, 0.6) is 5.75 Å². The van der Waals surface area contributed by atoms with E-state index in [9.17, 15) is 9.90 Å². The number of carbonyl (C=O) groups is 1. The lowest BCUT2D eigenvalue weighted by molar-refractivity contribution is -0.198. The number of methoxy groups -OCH3 is 1. The van der Waals surface area contributed by atoms with E-state index < -0.39 is 19.4 Å². The topological polar surface area (TPSA) is 88.9 Å². The minimum absolute atomic E-state index is 0.200. The summed E-state index contributed by atoms with van der Waals surface area (Å²) in [6.07, 6.45) is 9.05. The highest BCUT2D eigenvalue weighted by molar-refractivity contribution is 5.85. The highest BCUT2D eigenvalue weighted by Crippen LogP contribution is 2.29. The number of hydrogen-bond acceptors (Lipinski definition) is 9. The Morgan fingerprint density at radius 3 is 2.73 bits per heavy atom. The lowest BCUT2D eigenvalue weighted by atomic mass is 10.1. The van der Waals surface area contributed by atoms with Crippen LogP contribution in [-0.2, 0) is 20.6 Å². The molecule has 10 nitrogen and oxygen atoms in total. The van der Waals surface area contributed by atoms with Crippen LogP contribution >= 0.6 is 0 Å². The van der Waals surface area contributed by atoms with E-state index in [0.717, 1.165) is 67.5 Å². The van der Waals surface area contributed by atoms with Crippen molar-refractivity contribution in [1.29, 1.82) is 0 Å². The highest BCUT2D eigenvalue weighted by Gasteiger charge is 2.25. The molecule has 1 aromatic carbocycles. The van der Waals surface area contributed by atoms with Crippen LogP contribution in [0.1, 0.15) is 31.2 Å². The van der Waals surface area contributed by atoms with E-state index in [2.05, 4.69) is 28.3 Å². The molecule has 2 aliphatic heterocycles. The number of hydrogen-bond donors (Lipinski definition) is 1. The highest BCUT2D eigenvalue weighted by atomic mass is 16.8. The molecule has 0 saturated carbocycles. The van der Waals surface area contributed by atoms with Crippen molar-refractivity contribution in [3.05, 3.63) is 54.1 Å². The summed E-state index contributed by atoms with van der Waals surface area (Å²) in [5, 5.41) is 11.7. The van der Waals surface area contributed by atoms with E-state index >= 15 is 0 Å². The van der Waals surface area contributed by atoms with Gasteiger partial charge in [0.15, 0.2) is 0 Å². The molecular formula is C27H38N4O6. The lowest BCUT2D eigenvalue weighted by Gasteiger charge is -2.35. The Morgan fingerprint density at radius 1 is 1.24 bits per heavy atom. The number of ether oxygens (including phenoxy) is 4. The Hall–Kier alpha value is -3.21. The fraction of sp³-hybridized carbons (Fsp3) is 0.519. The van der Waals surface area contributed by atoms with Crippen molar-refractivity contribution < 1.29 is 28.8 Å².